The SMILES string of the molecule is CCc1ccc(CNC(=NC)NCCCCOCCOC)s1.I. The molecule has 0 aromatic carbocycles. The van der Waals surface area contributed by atoms with Crippen LogP contribution in [0.5, 0.6) is 0 Å². The molecule has 1 rings (SSSR count). The minimum atomic E-state index is 0. The van der Waals surface area contributed by atoms with Gasteiger partial charge in [-0.05, 0) is 31.4 Å². The Labute approximate surface area is 161 Å². The molecule has 0 bridgehead atoms. The van der Waals surface area contributed by atoms with E-state index in [1.165, 1.54) is 9.75 Å². The number of unbranched alkanes of at least 4 members (excludes halogenated alkanes) is 1. The van der Waals surface area contributed by atoms with Crippen LogP contribution in [0, 0.1) is 0 Å². The van der Waals surface area contributed by atoms with E-state index in [0.717, 1.165) is 44.9 Å². The molecule has 0 spiro atoms. The Morgan fingerprint density at radius 3 is 2.57 bits per heavy atom. The Kier molecular flexibility index (Phi) is 14.9. The lowest BCUT2D eigenvalue weighted by molar-refractivity contribution is 0.0689. The Morgan fingerprint density at radius 1 is 1.13 bits per heavy atom. The van der Waals surface area contributed by atoms with E-state index < -0.39 is 0 Å². The van der Waals surface area contributed by atoms with Crippen molar-refractivity contribution in [3.05, 3.63) is 21.9 Å². The molecule has 5 nitrogen and oxygen atoms in total. The van der Waals surface area contributed by atoms with Gasteiger partial charge in [-0.2, -0.15) is 0 Å². The van der Waals surface area contributed by atoms with Crippen molar-refractivity contribution in [3.8, 4) is 0 Å². The second-order valence-corrected chi connectivity index (χ2v) is 6.14. The summed E-state index contributed by atoms with van der Waals surface area (Å²) in [7, 11) is 3.49. The van der Waals surface area contributed by atoms with Gasteiger partial charge in [0.2, 0.25) is 0 Å². The van der Waals surface area contributed by atoms with Crippen LogP contribution in [0.1, 0.15) is 29.5 Å². The molecule has 0 aliphatic heterocycles. The summed E-state index contributed by atoms with van der Waals surface area (Å²) in [5, 5.41) is 6.67. The zero-order chi connectivity index (χ0) is 16.0. The number of guanidine groups is 1. The van der Waals surface area contributed by atoms with Gasteiger partial charge in [0.1, 0.15) is 0 Å². The van der Waals surface area contributed by atoms with E-state index >= 15 is 0 Å². The molecule has 0 atom stereocenters. The minimum absolute atomic E-state index is 0. The van der Waals surface area contributed by atoms with Crippen LogP contribution in [0.4, 0.5) is 0 Å². The number of hydrogen-bond acceptors (Lipinski definition) is 4. The first kappa shape index (κ1) is 22.6. The molecular weight excluding hydrogens is 425 g/mol. The molecule has 23 heavy (non-hydrogen) atoms. The van der Waals surface area contributed by atoms with Crippen LogP contribution in [-0.2, 0) is 22.4 Å². The molecule has 0 amide bonds. The Hall–Kier alpha value is -0.380. The van der Waals surface area contributed by atoms with E-state index in [1.54, 1.807) is 14.2 Å². The van der Waals surface area contributed by atoms with Crippen molar-refractivity contribution in [1.29, 1.82) is 0 Å². The number of aliphatic imine (C=N–C) groups is 1. The number of aryl methyl sites for hydroxylation is 1. The molecule has 0 saturated carbocycles. The molecule has 0 saturated heterocycles. The summed E-state index contributed by atoms with van der Waals surface area (Å²) in [5.41, 5.74) is 0. The average molecular weight is 455 g/mol. The van der Waals surface area contributed by atoms with Crippen LogP contribution < -0.4 is 10.6 Å². The third-order valence-corrected chi connectivity index (χ3v) is 4.39. The van der Waals surface area contributed by atoms with Gasteiger partial charge >= 0.3 is 0 Å². The molecular formula is C16H30IN3O2S. The largest absolute Gasteiger partial charge is 0.382 e. The molecule has 1 aromatic rings. The number of methoxy groups -OCH3 is 1. The standard InChI is InChI=1S/C16H29N3O2S.HI/c1-4-14-7-8-15(22-14)13-19-16(17-2)18-9-5-6-10-21-12-11-20-3;/h7-8H,4-6,9-13H2,1-3H3,(H2,17,18,19);1H. The number of nitrogens with one attached hydrogen (secondary N) is 2. The molecule has 1 aromatic heterocycles. The van der Waals surface area contributed by atoms with Crippen molar-refractivity contribution in [2.24, 2.45) is 4.99 Å². The van der Waals surface area contributed by atoms with Crippen molar-refractivity contribution in [3.63, 3.8) is 0 Å². The maximum absolute atomic E-state index is 5.43. The van der Waals surface area contributed by atoms with Crippen LogP contribution in [-0.4, -0.2) is 46.5 Å². The summed E-state index contributed by atoms with van der Waals surface area (Å²) in [5.74, 6) is 0.853. The first-order valence-corrected chi connectivity index (χ1v) is 8.70. The third kappa shape index (κ3) is 10.9. The predicted molar refractivity (Wildman–Crippen MR) is 109 cm³/mol. The summed E-state index contributed by atoms with van der Waals surface area (Å²) in [6.45, 7) is 6.03. The third-order valence-electron chi connectivity index (χ3n) is 3.16. The number of thiophene rings is 1. The monoisotopic (exact) mass is 455 g/mol. The number of hydrogen-bond donors (Lipinski definition) is 2. The van der Waals surface area contributed by atoms with Gasteiger partial charge in [0.05, 0.1) is 19.8 Å². The van der Waals surface area contributed by atoms with E-state index in [2.05, 4.69) is 34.7 Å². The van der Waals surface area contributed by atoms with Crippen LogP contribution in [0.25, 0.3) is 0 Å². The zero-order valence-electron chi connectivity index (χ0n) is 14.4. The van der Waals surface area contributed by atoms with Gasteiger partial charge in [-0.15, -0.1) is 35.3 Å². The summed E-state index contributed by atoms with van der Waals surface area (Å²) >= 11 is 1.85. The lowest BCUT2D eigenvalue weighted by Crippen LogP contribution is -2.37. The highest BCUT2D eigenvalue weighted by Crippen LogP contribution is 2.16. The smallest absolute Gasteiger partial charge is 0.191 e. The molecule has 7 heteroatoms. The van der Waals surface area contributed by atoms with Gasteiger partial charge in [0.15, 0.2) is 5.96 Å². The minimum Gasteiger partial charge on any atom is -0.382 e. The number of ether oxygens (including phenoxy) is 2. The van der Waals surface area contributed by atoms with E-state index in [-0.39, 0.29) is 24.0 Å². The molecule has 1 heterocycles. The second kappa shape index (κ2) is 15.2. The molecule has 0 fully saturated rings. The number of halogens is 1. The van der Waals surface area contributed by atoms with E-state index in [4.69, 9.17) is 9.47 Å². The quantitative estimate of drug-likeness (QED) is 0.233. The van der Waals surface area contributed by atoms with Gasteiger partial charge in [0, 0.05) is 37.1 Å². The first-order chi connectivity index (χ1) is 10.8. The van der Waals surface area contributed by atoms with Gasteiger partial charge < -0.3 is 20.1 Å². The van der Waals surface area contributed by atoms with Gasteiger partial charge in [-0.25, -0.2) is 0 Å². The van der Waals surface area contributed by atoms with E-state index in [0.29, 0.717) is 13.2 Å². The summed E-state index contributed by atoms with van der Waals surface area (Å²) < 4.78 is 10.4. The maximum Gasteiger partial charge on any atom is 0.191 e. The summed E-state index contributed by atoms with van der Waals surface area (Å²) in [6.07, 6.45) is 3.20. The average Bonchev–Trinajstić information content (AvgIpc) is 3.01. The van der Waals surface area contributed by atoms with E-state index in [9.17, 15) is 0 Å². The van der Waals surface area contributed by atoms with Gasteiger partial charge in [-0.3, -0.25) is 4.99 Å². The Bertz CT molecular complexity index is 427. The lowest BCUT2D eigenvalue weighted by Gasteiger charge is -2.11. The van der Waals surface area contributed by atoms with Crippen molar-refractivity contribution in [2.75, 3.05) is 40.5 Å². The first-order valence-electron chi connectivity index (χ1n) is 7.89. The Morgan fingerprint density at radius 2 is 1.91 bits per heavy atom. The van der Waals surface area contributed by atoms with E-state index in [1.807, 2.05) is 11.3 Å². The molecule has 134 valence electrons. The maximum atomic E-state index is 5.43. The summed E-state index contributed by atoms with van der Waals surface area (Å²) in [6, 6.07) is 4.38. The summed E-state index contributed by atoms with van der Waals surface area (Å²) in [4.78, 5) is 7.00. The fraction of sp³-hybridized carbons (Fsp3) is 0.688. The van der Waals surface area contributed by atoms with Crippen LogP contribution in [0.2, 0.25) is 0 Å². The van der Waals surface area contributed by atoms with Gasteiger partial charge in [-0.1, -0.05) is 6.92 Å². The highest BCUT2D eigenvalue weighted by atomic mass is 127. The highest BCUT2D eigenvalue weighted by molar-refractivity contribution is 14.0. The molecule has 0 radical (unpaired) electrons. The molecule has 2 N–H and O–H groups in total. The number of nitrogens with zero attached hydrogens (tertiary/aromatic N) is 1. The Balaban J connectivity index is 0.00000484. The highest BCUT2D eigenvalue weighted by Gasteiger charge is 2.01. The second-order valence-electron chi connectivity index (χ2n) is 4.89. The van der Waals surface area contributed by atoms with Crippen LogP contribution in [0.3, 0.4) is 0 Å². The topological polar surface area (TPSA) is 54.9 Å². The lowest BCUT2D eigenvalue weighted by atomic mass is 10.3. The molecule has 0 unspecified atom stereocenters. The fourth-order valence-electron chi connectivity index (χ4n) is 1.88. The van der Waals surface area contributed by atoms with Crippen molar-refractivity contribution < 1.29 is 9.47 Å². The van der Waals surface area contributed by atoms with Gasteiger partial charge in [0.25, 0.3) is 0 Å². The predicted octanol–water partition coefficient (Wildman–Crippen LogP) is 3.04. The normalized spacial score (nSPS) is 11.2. The van der Waals surface area contributed by atoms with Crippen molar-refractivity contribution in [1.82, 2.24) is 10.6 Å². The fourth-order valence-corrected chi connectivity index (χ4v) is 2.78. The molecule has 0 aliphatic carbocycles. The van der Waals surface area contributed by atoms with Crippen LogP contribution >= 0.6 is 35.3 Å². The molecule has 0 aliphatic rings. The number of rotatable bonds is 11. The zero-order valence-corrected chi connectivity index (χ0v) is 17.5. The van der Waals surface area contributed by atoms with Crippen molar-refractivity contribution in [2.45, 2.75) is 32.7 Å². The van der Waals surface area contributed by atoms with Crippen molar-refractivity contribution >= 4 is 41.3 Å². The van der Waals surface area contributed by atoms with Crippen LogP contribution in [0.15, 0.2) is 17.1 Å².